The molecule has 0 N–H and O–H groups in total. The topological polar surface area (TPSA) is 93.7 Å². The second kappa shape index (κ2) is 5.31. The molecule has 21 heavy (non-hydrogen) atoms. The van der Waals surface area contributed by atoms with Gasteiger partial charge in [-0.15, -0.1) is 0 Å². The number of amides is 1. The van der Waals surface area contributed by atoms with E-state index in [9.17, 15) is 4.79 Å². The minimum atomic E-state index is -0.159. The summed E-state index contributed by atoms with van der Waals surface area (Å²) in [4.78, 5) is 22.3. The summed E-state index contributed by atoms with van der Waals surface area (Å²) in [5.74, 6) is -0.159. The van der Waals surface area contributed by atoms with Crippen LogP contribution in [-0.2, 0) is 4.79 Å². The van der Waals surface area contributed by atoms with Gasteiger partial charge in [0.1, 0.15) is 31.4 Å². The van der Waals surface area contributed by atoms with Crippen LogP contribution in [-0.4, -0.2) is 32.1 Å². The number of hydrogen-bond donors (Lipinski definition) is 0. The van der Waals surface area contributed by atoms with Gasteiger partial charge in [-0.3, -0.25) is 9.69 Å². The molecule has 102 valence electrons. The van der Waals surface area contributed by atoms with E-state index < -0.39 is 0 Å². The second-order valence-electron chi connectivity index (χ2n) is 3.81. The van der Waals surface area contributed by atoms with Gasteiger partial charge in [-0.1, -0.05) is 47.5 Å². The lowest BCUT2D eigenvalue weighted by Crippen LogP contribution is -2.22. The van der Waals surface area contributed by atoms with Gasteiger partial charge < -0.3 is 0 Å². The van der Waals surface area contributed by atoms with Crippen molar-refractivity contribution in [2.24, 2.45) is 0 Å². The first-order chi connectivity index (χ1) is 10.0. The molecule has 3 rings (SSSR count). The second-order valence-corrected chi connectivity index (χ2v) is 7.71. The fourth-order valence-corrected chi connectivity index (χ4v) is 5.22. The fourth-order valence-electron chi connectivity index (χ4n) is 1.55. The Morgan fingerprint density at radius 1 is 1.10 bits per heavy atom. The third kappa shape index (κ3) is 2.30. The Balaban J connectivity index is 2.04. The molecule has 1 saturated heterocycles. The minimum absolute atomic E-state index is 0.00589. The van der Waals surface area contributed by atoms with Gasteiger partial charge in [0.15, 0.2) is 11.4 Å². The average molecular weight is 349 g/mol. The fraction of sp³-hybridized carbons (Fsp3) is 0.0909. The Hall–Kier alpha value is -1.59. The molecule has 2 aliphatic rings. The zero-order chi connectivity index (χ0) is 15.1. The standard InChI is InChI=1S/C11H3N5OS4/c1-16-9(17)6(19-11(16)18)10-20-7-8(21-10)15-5(3-13)4(2-12)14-7/h1H3. The first-order valence-corrected chi connectivity index (χ1v) is 8.23. The van der Waals surface area contributed by atoms with Crippen LogP contribution >= 0.6 is 47.5 Å². The van der Waals surface area contributed by atoms with Crippen LogP contribution in [0.5, 0.6) is 0 Å². The van der Waals surface area contributed by atoms with Crippen molar-refractivity contribution in [2.45, 2.75) is 10.1 Å². The van der Waals surface area contributed by atoms with Crippen molar-refractivity contribution >= 4 is 57.7 Å². The first-order valence-electron chi connectivity index (χ1n) is 5.37. The highest BCUT2D eigenvalue weighted by Gasteiger charge is 2.36. The largest absolute Gasteiger partial charge is 0.296 e. The summed E-state index contributed by atoms with van der Waals surface area (Å²) in [5.41, 5.74) is -0.0118. The Bertz CT molecular complexity index is 774. The average Bonchev–Trinajstić information content (AvgIpc) is 3.01. The number of fused-ring (bicyclic) bond motifs is 1. The van der Waals surface area contributed by atoms with Gasteiger partial charge in [0.05, 0.1) is 4.24 Å². The van der Waals surface area contributed by atoms with E-state index in [2.05, 4.69) is 9.97 Å². The third-order valence-corrected chi connectivity index (χ3v) is 6.75. The smallest absolute Gasteiger partial charge is 0.267 e. The molecule has 1 amide bonds. The van der Waals surface area contributed by atoms with Crippen molar-refractivity contribution in [1.29, 1.82) is 10.5 Å². The van der Waals surface area contributed by atoms with Crippen LogP contribution in [0, 0.1) is 22.7 Å². The number of thiocarbonyl (C=S) groups is 1. The van der Waals surface area contributed by atoms with Crippen molar-refractivity contribution in [3.05, 3.63) is 20.5 Å². The van der Waals surface area contributed by atoms with Crippen LogP contribution in [0.1, 0.15) is 11.4 Å². The lowest BCUT2D eigenvalue weighted by molar-refractivity contribution is -0.121. The zero-order valence-corrected chi connectivity index (χ0v) is 13.5. The summed E-state index contributed by atoms with van der Waals surface area (Å²) in [6.45, 7) is 0. The molecule has 0 spiro atoms. The lowest BCUT2D eigenvalue weighted by atomic mass is 10.3. The van der Waals surface area contributed by atoms with Gasteiger partial charge in [-0.05, 0) is 0 Å². The lowest BCUT2D eigenvalue weighted by Gasteiger charge is -2.03. The maximum atomic E-state index is 12.1. The number of rotatable bonds is 0. The molecule has 10 heteroatoms. The molecule has 0 atom stereocenters. The van der Waals surface area contributed by atoms with Crippen molar-refractivity contribution in [3.63, 3.8) is 0 Å². The van der Waals surface area contributed by atoms with Gasteiger partial charge >= 0.3 is 0 Å². The van der Waals surface area contributed by atoms with Crippen LogP contribution in [0.15, 0.2) is 19.2 Å². The van der Waals surface area contributed by atoms with E-state index in [0.29, 0.717) is 19.3 Å². The van der Waals surface area contributed by atoms with E-state index in [4.69, 9.17) is 22.7 Å². The predicted molar refractivity (Wildman–Crippen MR) is 83.2 cm³/mol. The molecule has 0 saturated carbocycles. The highest BCUT2D eigenvalue weighted by atomic mass is 32.2. The summed E-state index contributed by atoms with van der Waals surface area (Å²) in [7, 11) is 1.63. The van der Waals surface area contributed by atoms with Gasteiger partial charge in [0.25, 0.3) is 5.91 Å². The Kier molecular flexibility index (Phi) is 3.63. The Morgan fingerprint density at radius 2 is 1.62 bits per heavy atom. The molecule has 0 unspecified atom stereocenters. The number of aromatic nitrogens is 2. The zero-order valence-electron chi connectivity index (χ0n) is 10.3. The molecule has 2 aliphatic heterocycles. The molecule has 0 bridgehead atoms. The minimum Gasteiger partial charge on any atom is -0.296 e. The van der Waals surface area contributed by atoms with E-state index in [1.807, 2.05) is 12.1 Å². The van der Waals surface area contributed by atoms with E-state index in [0.717, 1.165) is 4.24 Å². The van der Waals surface area contributed by atoms with Crippen molar-refractivity contribution in [3.8, 4) is 12.1 Å². The molecule has 0 radical (unpaired) electrons. The van der Waals surface area contributed by atoms with Crippen molar-refractivity contribution in [1.82, 2.24) is 14.9 Å². The summed E-state index contributed by atoms with van der Waals surface area (Å²) in [5, 5.41) is 19.0. The number of nitrogens with zero attached hydrogens (tertiary/aromatic N) is 5. The normalized spacial score (nSPS) is 17.0. The number of carbonyl (C=O) groups is 1. The van der Waals surface area contributed by atoms with Crippen LogP contribution in [0.25, 0.3) is 0 Å². The van der Waals surface area contributed by atoms with Crippen LogP contribution in [0.4, 0.5) is 0 Å². The van der Waals surface area contributed by atoms with Crippen LogP contribution in [0.3, 0.4) is 0 Å². The third-order valence-electron chi connectivity index (χ3n) is 2.57. The molecule has 1 aromatic heterocycles. The monoisotopic (exact) mass is 349 g/mol. The molecular formula is C11H3N5OS4. The van der Waals surface area contributed by atoms with Gasteiger partial charge in [-0.2, -0.15) is 10.5 Å². The molecule has 0 aromatic carbocycles. The van der Waals surface area contributed by atoms with E-state index in [1.165, 1.54) is 40.2 Å². The number of likely N-dealkylation sites (N-methyl/N-ethyl adjacent to an activating group) is 1. The van der Waals surface area contributed by atoms with E-state index in [1.54, 1.807) is 7.05 Å². The summed E-state index contributed by atoms with van der Waals surface area (Å²) < 4.78 is 1.22. The SMILES string of the molecule is CN1C(=O)C(=C2Sc3nc(C#N)c(C#N)nc3S2)SC1=S. The first kappa shape index (κ1) is 14.4. The van der Waals surface area contributed by atoms with E-state index in [-0.39, 0.29) is 17.3 Å². The highest BCUT2D eigenvalue weighted by molar-refractivity contribution is 8.30. The quantitative estimate of drug-likeness (QED) is 0.515. The summed E-state index contributed by atoms with van der Waals surface area (Å²) in [6.07, 6.45) is 0. The highest BCUT2D eigenvalue weighted by Crippen LogP contribution is 2.53. The Labute approximate surface area is 137 Å². The van der Waals surface area contributed by atoms with Crippen molar-refractivity contribution < 1.29 is 4.79 Å². The van der Waals surface area contributed by atoms with Gasteiger partial charge in [0.2, 0.25) is 0 Å². The van der Waals surface area contributed by atoms with Crippen LogP contribution in [0.2, 0.25) is 0 Å². The molecule has 3 heterocycles. The van der Waals surface area contributed by atoms with Gasteiger partial charge in [0, 0.05) is 7.05 Å². The molecule has 1 aromatic rings. The maximum Gasteiger partial charge on any atom is 0.267 e. The van der Waals surface area contributed by atoms with Gasteiger partial charge in [-0.25, -0.2) is 9.97 Å². The number of carbonyl (C=O) groups excluding carboxylic acids is 1. The summed E-state index contributed by atoms with van der Waals surface area (Å²) in [6, 6.07) is 3.70. The number of thioether (sulfide) groups is 3. The molecule has 1 fully saturated rings. The van der Waals surface area contributed by atoms with Crippen LogP contribution < -0.4 is 0 Å². The number of hydrogen-bond acceptors (Lipinski definition) is 9. The maximum absolute atomic E-state index is 12.1. The molecular weight excluding hydrogens is 346 g/mol. The predicted octanol–water partition coefficient (Wildman–Crippen LogP) is 2.08. The molecule has 6 nitrogen and oxygen atoms in total. The number of nitriles is 2. The van der Waals surface area contributed by atoms with Crippen molar-refractivity contribution in [2.75, 3.05) is 7.05 Å². The Morgan fingerprint density at radius 3 is 2.00 bits per heavy atom. The van der Waals surface area contributed by atoms with E-state index >= 15 is 0 Å². The summed E-state index contributed by atoms with van der Waals surface area (Å²) >= 11 is 8.87. The molecule has 0 aliphatic carbocycles.